The molecule has 14 heavy (non-hydrogen) atoms. The molecular formula is C6H4Cl3N3OS. The molecular weight excluding hydrogens is 269 g/mol. The van der Waals surface area contributed by atoms with Gasteiger partial charge in [-0.05, 0) is 0 Å². The molecule has 1 atom stereocenters. The number of hydrogen-bond donors (Lipinski definition) is 1. The zero-order chi connectivity index (χ0) is 10.3. The molecule has 8 heteroatoms. The summed E-state index contributed by atoms with van der Waals surface area (Å²) in [6, 6.07) is 0. The highest BCUT2D eigenvalue weighted by atomic mass is 35.6. The Labute approximate surface area is 98.8 Å². The third-order valence-electron chi connectivity index (χ3n) is 1.71. The van der Waals surface area contributed by atoms with Gasteiger partial charge in [0.25, 0.3) is 0 Å². The van der Waals surface area contributed by atoms with Crippen LogP contribution in [0, 0.1) is 0 Å². The minimum absolute atomic E-state index is 0.280. The van der Waals surface area contributed by atoms with E-state index in [9.17, 15) is 0 Å². The van der Waals surface area contributed by atoms with Crippen molar-refractivity contribution in [3.8, 4) is 0 Å². The summed E-state index contributed by atoms with van der Waals surface area (Å²) in [6.45, 7) is 0. The van der Waals surface area contributed by atoms with Gasteiger partial charge in [-0.3, -0.25) is 4.57 Å². The molecule has 0 fully saturated rings. The molecule has 0 bridgehead atoms. The maximum Gasteiger partial charge on any atom is 0.209 e. The minimum Gasteiger partial charge on any atom is -0.409 e. The lowest BCUT2D eigenvalue weighted by Crippen LogP contribution is -2.30. The number of oxime groups is 1. The third-order valence-corrected chi connectivity index (χ3v) is 4.07. The van der Waals surface area contributed by atoms with Crippen LogP contribution in [0.5, 0.6) is 0 Å². The normalized spacial score (nSPS) is 24.2. The summed E-state index contributed by atoms with van der Waals surface area (Å²) in [5.41, 5.74) is 0. The fraction of sp³-hybridized carbons (Fsp3) is 0.333. The predicted octanol–water partition coefficient (Wildman–Crippen LogP) is 2.36. The van der Waals surface area contributed by atoms with Crippen LogP contribution in [0.2, 0.25) is 0 Å². The quantitative estimate of drug-likeness (QED) is 0.448. The molecule has 1 unspecified atom stereocenters. The van der Waals surface area contributed by atoms with Gasteiger partial charge in [0, 0.05) is 12.4 Å². The van der Waals surface area contributed by atoms with Gasteiger partial charge in [0.2, 0.25) is 3.79 Å². The van der Waals surface area contributed by atoms with Crippen molar-refractivity contribution in [2.24, 2.45) is 5.16 Å². The van der Waals surface area contributed by atoms with Crippen molar-refractivity contribution in [1.82, 2.24) is 9.55 Å². The molecule has 1 aromatic rings. The van der Waals surface area contributed by atoms with Crippen LogP contribution in [0.3, 0.4) is 0 Å². The van der Waals surface area contributed by atoms with Crippen LogP contribution in [0.4, 0.5) is 0 Å². The van der Waals surface area contributed by atoms with Crippen LogP contribution in [-0.4, -0.2) is 29.6 Å². The second-order valence-corrected chi connectivity index (χ2v) is 6.02. The first-order chi connectivity index (χ1) is 6.54. The number of thioether (sulfide) groups is 1. The van der Waals surface area contributed by atoms with Crippen molar-refractivity contribution in [2.75, 3.05) is 0 Å². The standard InChI is InChI=1S/C6H4Cl3N3OS/c7-6(8,9)3-4(11-13)12-2-1-10-5(12)14-3/h1-3,13H/b11-4+. The average Bonchev–Trinajstić information content (AvgIpc) is 2.58. The van der Waals surface area contributed by atoms with E-state index in [0.29, 0.717) is 5.16 Å². The molecule has 0 spiro atoms. The molecule has 0 radical (unpaired) electrons. The van der Waals surface area contributed by atoms with Crippen molar-refractivity contribution in [1.29, 1.82) is 0 Å². The van der Waals surface area contributed by atoms with Crippen molar-refractivity contribution >= 4 is 52.4 Å². The molecule has 4 nitrogen and oxygen atoms in total. The Bertz CT molecular complexity index is 386. The Morgan fingerprint density at radius 2 is 2.29 bits per heavy atom. The molecule has 0 saturated heterocycles. The van der Waals surface area contributed by atoms with Crippen LogP contribution in [0.25, 0.3) is 0 Å². The van der Waals surface area contributed by atoms with Crippen LogP contribution >= 0.6 is 46.6 Å². The van der Waals surface area contributed by atoms with E-state index in [2.05, 4.69) is 10.1 Å². The minimum atomic E-state index is -1.52. The van der Waals surface area contributed by atoms with Gasteiger partial charge in [0.05, 0.1) is 0 Å². The van der Waals surface area contributed by atoms with Gasteiger partial charge < -0.3 is 5.21 Å². The zero-order valence-electron chi connectivity index (χ0n) is 6.56. The van der Waals surface area contributed by atoms with Gasteiger partial charge in [-0.2, -0.15) is 0 Å². The number of halogens is 3. The largest absolute Gasteiger partial charge is 0.409 e. The summed E-state index contributed by atoms with van der Waals surface area (Å²) >= 11 is 18.5. The maximum absolute atomic E-state index is 8.82. The van der Waals surface area contributed by atoms with E-state index in [1.807, 2.05) is 0 Å². The fourth-order valence-electron chi connectivity index (χ4n) is 1.15. The summed E-state index contributed by atoms with van der Waals surface area (Å²) in [7, 11) is 0. The summed E-state index contributed by atoms with van der Waals surface area (Å²) in [5.74, 6) is 0.280. The number of rotatable bonds is 0. The molecule has 1 N–H and O–H groups in total. The molecule has 0 aliphatic carbocycles. The van der Waals surface area contributed by atoms with E-state index in [0.717, 1.165) is 0 Å². The Hall–Kier alpha value is -0.100. The first kappa shape index (κ1) is 10.4. The van der Waals surface area contributed by atoms with E-state index in [4.69, 9.17) is 40.0 Å². The third kappa shape index (κ3) is 1.58. The van der Waals surface area contributed by atoms with E-state index in [-0.39, 0.29) is 5.84 Å². The van der Waals surface area contributed by atoms with Crippen molar-refractivity contribution in [3.63, 3.8) is 0 Å². The Morgan fingerprint density at radius 1 is 1.57 bits per heavy atom. The van der Waals surface area contributed by atoms with Gasteiger partial charge in [-0.15, -0.1) is 0 Å². The van der Waals surface area contributed by atoms with Gasteiger partial charge in [-0.25, -0.2) is 4.98 Å². The smallest absolute Gasteiger partial charge is 0.209 e. The van der Waals surface area contributed by atoms with Gasteiger partial charge in [0.15, 0.2) is 11.0 Å². The SMILES string of the molecule is O/N=C1\C(C(Cl)(Cl)Cl)Sc2nccn21. The number of imidazole rings is 1. The van der Waals surface area contributed by atoms with Gasteiger partial charge >= 0.3 is 0 Å². The molecule has 0 aromatic carbocycles. The molecule has 76 valence electrons. The highest BCUT2D eigenvalue weighted by Crippen LogP contribution is 2.44. The Balaban J connectivity index is 2.42. The monoisotopic (exact) mass is 271 g/mol. The second-order valence-electron chi connectivity index (χ2n) is 2.58. The summed E-state index contributed by atoms with van der Waals surface area (Å²) in [4.78, 5) is 4.02. The van der Waals surface area contributed by atoms with E-state index in [1.165, 1.54) is 11.8 Å². The zero-order valence-corrected chi connectivity index (χ0v) is 9.65. The van der Waals surface area contributed by atoms with Crippen LogP contribution in [0.15, 0.2) is 22.7 Å². The van der Waals surface area contributed by atoms with E-state index in [1.54, 1.807) is 17.0 Å². The van der Waals surface area contributed by atoms with Crippen LogP contribution < -0.4 is 0 Å². The Morgan fingerprint density at radius 3 is 2.86 bits per heavy atom. The van der Waals surface area contributed by atoms with Crippen molar-refractivity contribution in [2.45, 2.75) is 14.2 Å². The molecule has 0 saturated carbocycles. The number of nitrogens with zero attached hydrogens (tertiary/aromatic N) is 3. The highest BCUT2D eigenvalue weighted by Gasteiger charge is 2.44. The van der Waals surface area contributed by atoms with Gasteiger partial charge in [0.1, 0.15) is 5.25 Å². The maximum atomic E-state index is 8.82. The predicted molar refractivity (Wildman–Crippen MR) is 56.8 cm³/mol. The molecule has 1 aliphatic heterocycles. The van der Waals surface area contributed by atoms with Crippen LogP contribution in [0.1, 0.15) is 0 Å². The lowest BCUT2D eigenvalue weighted by Gasteiger charge is -2.17. The van der Waals surface area contributed by atoms with Crippen molar-refractivity contribution in [3.05, 3.63) is 12.4 Å². The number of aromatic nitrogens is 2. The second kappa shape index (κ2) is 3.48. The molecule has 2 rings (SSSR count). The summed E-state index contributed by atoms with van der Waals surface area (Å²) < 4.78 is 0.0597. The van der Waals surface area contributed by atoms with E-state index < -0.39 is 9.04 Å². The molecule has 2 heterocycles. The number of alkyl halides is 3. The van der Waals surface area contributed by atoms with Crippen LogP contribution in [-0.2, 0) is 0 Å². The Kier molecular flexibility index (Phi) is 2.59. The number of fused-ring (bicyclic) bond motifs is 1. The molecule has 0 amide bonds. The lowest BCUT2D eigenvalue weighted by atomic mass is 10.4. The first-order valence-corrected chi connectivity index (χ1v) is 5.54. The molecule has 1 aromatic heterocycles. The molecule has 1 aliphatic rings. The lowest BCUT2D eigenvalue weighted by molar-refractivity contribution is 0.315. The van der Waals surface area contributed by atoms with Crippen molar-refractivity contribution < 1.29 is 5.21 Å². The summed E-state index contributed by atoms with van der Waals surface area (Å²) in [6.07, 6.45) is 3.23. The highest BCUT2D eigenvalue weighted by molar-refractivity contribution is 8.01. The topological polar surface area (TPSA) is 50.4 Å². The van der Waals surface area contributed by atoms with Gasteiger partial charge in [-0.1, -0.05) is 51.7 Å². The number of hydrogen-bond acceptors (Lipinski definition) is 4. The fourth-order valence-corrected chi connectivity index (χ4v) is 2.84. The first-order valence-electron chi connectivity index (χ1n) is 3.53. The summed E-state index contributed by atoms with van der Waals surface area (Å²) in [5, 5.41) is 12.0. The average molecular weight is 273 g/mol. The van der Waals surface area contributed by atoms with E-state index >= 15 is 0 Å².